The van der Waals surface area contributed by atoms with Gasteiger partial charge in [0.05, 0.1) is 23.0 Å². The maximum Gasteiger partial charge on any atom is 0.311 e. The quantitative estimate of drug-likeness (QED) is 0.109. The van der Waals surface area contributed by atoms with Gasteiger partial charge in [-0.25, -0.2) is 19.3 Å². The molecule has 288 valence electrons. The van der Waals surface area contributed by atoms with Gasteiger partial charge in [0.25, 0.3) is 0 Å². The normalized spacial score (nSPS) is 19.1. The van der Waals surface area contributed by atoms with Gasteiger partial charge in [-0.2, -0.15) is 0 Å². The number of fused-ring (bicyclic) bond motifs is 5. The van der Waals surface area contributed by atoms with E-state index in [4.69, 9.17) is 24.7 Å². The molecule has 0 amide bonds. The number of anilines is 1. The molecule has 3 aliphatic carbocycles. The third-order valence-corrected chi connectivity index (χ3v) is 13.3. The Morgan fingerprint density at radius 1 is 0.810 bits per heavy atom. The zero-order valence-corrected chi connectivity index (χ0v) is 32.8. The summed E-state index contributed by atoms with van der Waals surface area (Å²) in [6.45, 7) is 2.12. The fourth-order valence-corrected chi connectivity index (χ4v) is 10.7. The van der Waals surface area contributed by atoms with E-state index in [2.05, 4.69) is 46.3 Å². The van der Waals surface area contributed by atoms with Crippen molar-refractivity contribution in [3.63, 3.8) is 0 Å². The van der Waals surface area contributed by atoms with Gasteiger partial charge in [0.1, 0.15) is 16.7 Å². The first-order chi connectivity index (χ1) is 28.5. The highest BCUT2D eigenvalue weighted by Gasteiger charge is 2.48. The first kappa shape index (κ1) is 36.1. The van der Waals surface area contributed by atoms with Crippen LogP contribution in [0.5, 0.6) is 0 Å². The molecule has 11 rings (SSSR count). The predicted octanol–water partition coefficient (Wildman–Crippen LogP) is 10.5. The van der Waals surface area contributed by atoms with E-state index in [1.807, 2.05) is 98.0 Å². The molecule has 2 bridgehead atoms. The molecule has 0 unspecified atom stereocenters. The lowest BCUT2D eigenvalue weighted by Crippen LogP contribution is -2.52. The molecule has 3 saturated carbocycles. The van der Waals surface area contributed by atoms with E-state index in [9.17, 15) is 4.79 Å². The molecule has 8 nitrogen and oxygen atoms in total. The summed E-state index contributed by atoms with van der Waals surface area (Å²) in [7, 11) is 0. The summed E-state index contributed by atoms with van der Waals surface area (Å²) in [6, 6.07) is 40.8. The minimum atomic E-state index is -0.903. The van der Waals surface area contributed by atoms with Gasteiger partial charge in [-0.1, -0.05) is 109 Å². The minimum Gasteiger partial charge on any atom is -0.466 e. The molecule has 4 heterocycles. The zero-order valence-electron chi connectivity index (χ0n) is 32.0. The minimum absolute atomic E-state index is 0.0644. The second-order valence-corrected chi connectivity index (χ2v) is 16.4. The Labute approximate surface area is 339 Å². The molecule has 1 N–H and O–H groups in total. The Morgan fingerprint density at radius 3 is 2.05 bits per heavy atom. The fraction of sp³-hybridized carbons (Fsp3) is 0.229. The second kappa shape index (κ2) is 14.9. The average molecular weight is 785 g/mol. The van der Waals surface area contributed by atoms with Crippen LogP contribution in [-0.2, 0) is 15.1 Å². The molecule has 0 spiro atoms. The van der Waals surface area contributed by atoms with Crippen molar-refractivity contribution >= 4 is 44.4 Å². The molecule has 0 radical (unpaired) electrons. The third kappa shape index (κ3) is 5.97. The van der Waals surface area contributed by atoms with Gasteiger partial charge in [0, 0.05) is 29.3 Å². The van der Waals surface area contributed by atoms with E-state index >= 15 is 4.39 Å². The number of aromatic nitrogens is 5. The van der Waals surface area contributed by atoms with Crippen LogP contribution in [0.2, 0.25) is 0 Å². The topological polar surface area (TPSA) is 94.8 Å². The second-order valence-electron chi connectivity index (χ2n) is 15.3. The van der Waals surface area contributed by atoms with Crippen LogP contribution in [-0.4, -0.2) is 43.1 Å². The number of carbonyl (C=O) groups is 1. The zero-order chi connectivity index (χ0) is 39.2. The molecule has 0 aliphatic heterocycles. The van der Waals surface area contributed by atoms with Crippen LogP contribution in [0.25, 0.3) is 43.2 Å². The van der Waals surface area contributed by atoms with Gasteiger partial charge in [0.2, 0.25) is 0 Å². The van der Waals surface area contributed by atoms with E-state index in [0.29, 0.717) is 34.0 Å². The summed E-state index contributed by atoms with van der Waals surface area (Å²) < 4.78 is 26.1. The van der Waals surface area contributed by atoms with E-state index in [0.717, 1.165) is 52.5 Å². The van der Waals surface area contributed by atoms with Crippen LogP contribution in [0.1, 0.15) is 49.3 Å². The van der Waals surface area contributed by atoms with Crippen molar-refractivity contribution in [1.82, 2.24) is 24.5 Å². The number of nitrogens with zero attached hydrogens (tertiary/aromatic N) is 5. The molecule has 4 aromatic carbocycles. The maximum absolute atomic E-state index is 17.3. The Bertz CT molecular complexity index is 2620. The molecule has 3 fully saturated rings. The monoisotopic (exact) mass is 784 g/mol. The highest BCUT2D eigenvalue weighted by molar-refractivity contribution is 7.22. The number of esters is 1. The highest BCUT2D eigenvalue weighted by atomic mass is 32.1. The van der Waals surface area contributed by atoms with Gasteiger partial charge in [-0.15, -0.1) is 11.3 Å². The summed E-state index contributed by atoms with van der Waals surface area (Å²) in [5, 5.41) is 4.53. The Hall–Kier alpha value is -6.26. The van der Waals surface area contributed by atoms with Crippen molar-refractivity contribution in [2.75, 3.05) is 11.9 Å². The number of nitrogens with one attached hydrogen (secondary N) is 1. The maximum atomic E-state index is 17.3. The first-order valence-corrected chi connectivity index (χ1v) is 20.9. The SMILES string of the molecule is CCOC(=O)[C@@H]1C2CCC(CC2)[C@H]1Nc1nc(-c2cn(C(c3ccccc3)(c3ccccc3)c3ccccc3)c3nccnc23)nc(-c2cc3ccccc3s2)c1F. The number of hydrogen-bond donors (Lipinski definition) is 1. The van der Waals surface area contributed by atoms with Crippen LogP contribution in [0.15, 0.2) is 140 Å². The van der Waals surface area contributed by atoms with Crippen molar-refractivity contribution < 1.29 is 13.9 Å². The molecule has 2 atom stereocenters. The van der Waals surface area contributed by atoms with Crippen LogP contribution in [0.3, 0.4) is 0 Å². The van der Waals surface area contributed by atoms with Crippen molar-refractivity contribution in [2.45, 2.75) is 44.2 Å². The fourth-order valence-electron chi connectivity index (χ4n) is 9.64. The van der Waals surface area contributed by atoms with E-state index in [1.54, 1.807) is 12.4 Å². The van der Waals surface area contributed by atoms with Crippen molar-refractivity contribution in [2.24, 2.45) is 17.8 Å². The number of thiophene rings is 1. The summed E-state index contributed by atoms with van der Waals surface area (Å²) in [4.78, 5) is 34.2. The van der Waals surface area contributed by atoms with Crippen LogP contribution in [0, 0.1) is 23.6 Å². The van der Waals surface area contributed by atoms with Gasteiger partial charge in [-0.3, -0.25) is 9.78 Å². The summed E-state index contributed by atoms with van der Waals surface area (Å²) >= 11 is 1.49. The van der Waals surface area contributed by atoms with Crippen LogP contribution < -0.4 is 5.32 Å². The van der Waals surface area contributed by atoms with Crippen LogP contribution >= 0.6 is 11.3 Å². The third-order valence-electron chi connectivity index (χ3n) is 12.2. The number of carbonyl (C=O) groups excluding carboxylic acids is 1. The summed E-state index contributed by atoms with van der Waals surface area (Å²) in [5.74, 6) is -0.460. The number of ether oxygens (including phenoxy) is 1. The summed E-state index contributed by atoms with van der Waals surface area (Å²) in [5.41, 5.74) is 4.15. The molecular weight excluding hydrogens is 744 g/mol. The molecule has 0 saturated heterocycles. The lowest BCUT2D eigenvalue weighted by Gasteiger charge is -2.47. The van der Waals surface area contributed by atoms with E-state index in [-0.39, 0.29) is 35.4 Å². The van der Waals surface area contributed by atoms with Gasteiger partial charge in [0.15, 0.2) is 23.1 Å². The first-order valence-electron chi connectivity index (χ1n) is 20.0. The lowest BCUT2D eigenvalue weighted by atomic mass is 9.61. The molecule has 58 heavy (non-hydrogen) atoms. The Kier molecular flexibility index (Phi) is 9.29. The van der Waals surface area contributed by atoms with E-state index in [1.165, 1.54) is 11.3 Å². The molecule has 8 aromatic rings. The Morgan fingerprint density at radius 2 is 1.41 bits per heavy atom. The number of rotatable bonds is 10. The smallest absolute Gasteiger partial charge is 0.311 e. The van der Waals surface area contributed by atoms with Crippen molar-refractivity contribution in [3.8, 4) is 22.0 Å². The van der Waals surface area contributed by atoms with Crippen LogP contribution in [0.4, 0.5) is 10.2 Å². The average Bonchev–Trinajstić information content (AvgIpc) is 3.89. The Balaban J connectivity index is 1.22. The molecule has 4 aromatic heterocycles. The number of hydrogen-bond acceptors (Lipinski definition) is 8. The lowest BCUT2D eigenvalue weighted by molar-refractivity contribution is -0.154. The standard InChI is InChI=1S/C48H41FN6O2S/c1-2-57-47(56)39-30-22-24-31(25-23-30)41(39)52-45-40(49)43(38-28-32-14-12-13-21-37(32)58-38)53-44(54-45)36-29-55(46-42(36)50-26-27-51-46)48(33-15-6-3-7-16-33,34-17-8-4-9-18-34)35-19-10-5-11-20-35/h3-21,26-31,39,41H,2,22-25H2,1H3,(H,52,53,54)/t30?,31?,39-,41-/m1/s1. The molecular formula is C48H41FN6O2S. The molecule has 3 aliphatic rings. The summed E-state index contributed by atoms with van der Waals surface area (Å²) in [6.07, 6.45) is 9.23. The molecule has 10 heteroatoms. The van der Waals surface area contributed by atoms with Crippen molar-refractivity contribution in [3.05, 3.63) is 162 Å². The van der Waals surface area contributed by atoms with E-state index < -0.39 is 17.3 Å². The van der Waals surface area contributed by atoms with Gasteiger partial charge >= 0.3 is 5.97 Å². The number of halogens is 1. The van der Waals surface area contributed by atoms with Gasteiger partial charge in [-0.05, 0) is 78.7 Å². The predicted molar refractivity (Wildman–Crippen MR) is 227 cm³/mol. The highest BCUT2D eigenvalue weighted by Crippen LogP contribution is 2.48. The van der Waals surface area contributed by atoms with Gasteiger partial charge < -0.3 is 14.6 Å². The number of benzene rings is 4. The van der Waals surface area contributed by atoms with Crippen molar-refractivity contribution in [1.29, 1.82) is 0 Å². The largest absolute Gasteiger partial charge is 0.466 e.